The molecule has 0 radical (unpaired) electrons. The molecule has 0 heterocycles. The van der Waals surface area contributed by atoms with Crippen LogP contribution >= 0.6 is 7.82 Å². The highest BCUT2D eigenvalue weighted by Gasteiger charge is 2.25. The largest absolute Gasteiger partial charge is 0.472 e. The minimum atomic E-state index is -4.39. The maximum atomic E-state index is 12.5. The Kier molecular flexibility index (Phi) is 35.8. The Labute approximate surface area is 310 Å². The first-order valence-corrected chi connectivity index (χ1v) is 21.3. The standard InChI is InChI=1S/C41H72NO8P/c1-3-5-7-9-11-13-15-17-18-19-20-22-24-26-28-30-32-34-41(44)50-39(38-49-51(45,46)48-36-35-42)37-47-40(43)33-31-29-27-25-23-21-16-14-12-10-8-6-4-2/h5,7,11,13,17-18,20,22,26,28,39H,3-4,6,8-10,12,14-16,19,21,23-25,27,29-38,42H2,1-2H3,(H,45,46)/t39-/m1/s1. The van der Waals surface area contributed by atoms with Crippen LogP contribution in [0.1, 0.15) is 155 Å². The molecule has 51 heavy (non-hydrogen) atoms. The van der Waals surface area contributed by atoms with Crippen molar-refractivity contribution in [3.8, 4) is 0 Å². The van der Waals surface area contributed by atoms with Crippen LogP contribution in [-0.4, -0.2) is 49.3 Å². The van der Waals surface area contributed by atoms with Crippen molar-refractivity contribution in [1.29, 1.82) is 0 Å². The highest BCUT2D eigenvalue weighted by atomic mass is 31.2. The number of ether oxygens (including phenoxy) is 2. The summed E-state index contributed by atoms with van der Waals surface area (Å²) in [6.07, 6.45) is 42.6. The summed E-state index contributed by atoms with van der Waals surface area (Å²) >= 11 is 0. The van der Waals surface area contributed by atoms with Crippen molar-refractivity contribution in [2.75, 3.05) is 26.4 Å². The maximum Gasteiger partial charge on any atom is 0.472 e. The molecule has 3 N–H and O–H groups in total. The Balaban J connectivity index is 4.32. The van der Waals surface area contributed by atoms with Crippen LogP contribution in [0, 0.1) is 0 Å². The summed E-state index contributed by atoms with van der Waals surface area (Å²) < 4.78 is 32.6. The van der Waals surface area contributed by atoms with Crippen LogP contribution in [-0.2, 0) is 32.7 Å². The van der Waals surface area contributed by atoms with Gasteiger partial charge in [-0.2, -0.15) is 0 Å². The molecule has 0 amide bonds. The predicted molar refractivity (Wildman–Crippen MR) is 210 cm³/mol. The summed E-state index contributed by atoms with van der Waals surface area (Å²) in [6, 6.07) is 0. The fraction of sp³-hybridized carbons (Fsp3) is 0.707. The molecule has 0 aliphatic carbocycles. The SMILES string of the molecule is CCC=CCC=CCC=CCC=CCC=CCCCC(=O)O[C@H](COC(=O)CCCCCCCCCCCCCCC)COP(=O)(O)OCCN. The lowest BCUT2D eigenvalue weighted by Crippen LogP contribution is -2.29. The van der Waals surface area contributed by atoms with E-state index in [0.717, 1.165) is 51.4 Å². The summed E-state index contributed by atoms with van der Waals surface area (Å²) in [7, 11) is -4.39. The maximum absolute atomic E-state index is 12.5. The van der Waals surface area contributed by atoms with E-state index in [2.05, 4.69) is 68.5 Å². The van der Waals surface area contributed by atoms with Gasteiger partial charge in [0.1, 0.15) is 6.61 Å². The number of esters is 2. The Morgan fingerprint density at radius 2 is 1.08 bits per heavy atom. The molecule has 10 heteroatoms. The van der Waals surface area contributed by atoms with E-state index in [1.807, 2.05) is 6.08 Å². The van der Waals surface area contributed by atoms with Crippen LogP contribution < -0.4 is 5.73 Å². The van der Waals surface area contributed by atoms with Crippen molar-refractivity contribution in [1.82, 2.24) is 0 Å². The average molecular weight is 738 g/mol. The number of carbonyl (C=O) groups is 2. The Bertz CT molecular complexity index is 1020. The van der Waals surface area contributed by atoms with Crippen LogP contribution in [0.15, 0.2) is 60.8 Å². The number of hydrogen-bond donors (Lipinski definition) is 2. The van der Waals surface area contributed by atoms with Gasteiger partial charge in [-0.1, -0.05) is 152 Å². The number of carbonyl (C=O) groups excluding carboxylic acids is 2. The van der Waals surface area contributed by atoms with Crippen molar-refractivity contribution in [3.05, 3.63) is 60.8 Å². The van der Waals surface area contributed by atoms with Gasteiger partial charge < -0.3 is 20.1 Å². The monoisotopic (exact) mass is 737 g/mol. The lowest BCUT2D eigenvalue weighted by atomic mass is 10.0. The van der Waals surface area contributed by atoms with Gasteiger partial charge in [0, 0.05) is 19.4 Å². The van der Waals surface area contributed by atoms with E-state index in [9.17, 15) is 19.0 Å². The van der Waals surface area contributed by atoms with Crippen LogP contribution in [0.5, 0.6) is 0 Å². The molecule has 0 aromatic carbocycles. The van der Waals surface area contributed by atoms with Crippen molar-refractivity contribution < 1.29 is 37.6 Å². The molecule has 0 spiro atoms. The third-order valence-corrected chi connectivity index (χ3v) is 8.90. The molecule has 0 aliphatic rings. The van der Waals surface area contributed by atoms with E-state index < -0.39 is 32.5 Å². The summed E-state index contributed by atoms with van der Waals surface area (Å²) in [5.41, 5.74) is 5.33. The van der Waals surface area contributed by atoms with Gasteiger partial charge in [0.2, 0.25) is 0 Å². The molecule has 2 atom stereocenters. The van der Waals surface area contributed by atoms with Gasteiger partial charge in [-0.25, -0.2) is 4.57 Å². The van der Waals surface area contributed by atoms with Crippen LogP contribution in [0.3, 0.4) is 0 Å². The molecule has 0 fully saturated rings. The Morgan fingerprint density at radius 3 is 1.59 bits per heavy atom. The van der Waals surface area contributed by atoms with E-state index in [4.69, 9.17) is 24.3 Å². The molecule has 0 bridgehead atoms. The summed E-state index contributed by atoms with van der Waals surface area (Å²) in [4.78, 5) is 34.7. The zero-order valence-electron chi connectivity index (χ0n) is 32.1. The van der Waals surface area contributed by atoms with Crippen molar-refractivity contribution >= 4 is 19.8 Å². The zero-order chi connectivity index (χ0) is 37.5. The fourth-order valence-corrected chi connectivity index (χ4v) is 5.79. The second-order valence-corrected chi connectivity index (χ2v) is 14.2. The first-order valence-electron chi connectivity index (χ1n) is 19.8. The summed E-state index contributed by atoms with van der Waals surface area (Å²) in [5.74, 6) is -0.900. The lowest BCUT2D eigenvalue weighted by Gasteiger charge is -2.19. The number of rotatable bonds is 36. The first kappa shape index (κ1) is 48.7. The van der Waals surface area contributed by atoms with Crippen molar-refractivity contribution in [2.24, 2.45) is 5.73 Å². The topological polar surface area (TPSA) is 134 Å². The molecular weight excluding hydrogens is 665 g/mol. The third-order valence-electron chi connectivity index (χ3n) is 7.92. The van der Waals surface area contributed by atoms with Gasteiger partial charge >= 0.3 is 19.8 Å². The molecule has 9 nitrogen and oxygen atoms in total. The predicted octanol–water partition coefficient (Wildman–Crippen LogP) is 10.9. The number of allylic oxidation sites excluding steroid dienone is 10. The second kappa shape index (κ2) is 37.5. The van der Waals surface area contributed by atoms with Gasteiger partial charge in [0.05, 0.1) is 13.2 Å². The van der Waals surface area contributed by atoms with E-state index in [-0.39, 0.29) is 32.6 Å². The van der Waals surface area contributed by atoms with E-state index in [1.54, 1.807) is 0 Å². The Morgan fingerprint density at radius 1 is 0.608 bits per heavy atom. The molecule has 0 rings (SSSR count). The highest BCUT2D eigenvalue weighted by molar-refractivity contribution is 7.47. The number of nitrogens with two attached hydrogens (primary N) is 1. The molecule has 1 unspecified atom stereocenters. The van der Waals surface area contributed by atoms with Gasteiger partial charge in [0.15, 0.2) is 6.10 Å². The highest BCUT2D eigenvalue weighted by Crippen LogP contribution is 2.43. The molecule has 0 saturated carbocycles. The van der Waals surface area contributed by atoms with E-state index in [1.165, 1.54) is 64.2 Å². The number of phosphoric ester groups is 1. The van der Waals surface area contributed by atoms with Gasteiger partial charge in [-0.3, -0.25) is 18.6 Å². The van der Waals surface area contributed by atoms with Crippen LogP contribution in [0.4, 0.5) is 0 Å². The van der Waals surface area contributed by atoms with Crippen molar-refractivity contribution in [3.63, 3.8) is 0 Å². The van der Waals surface area contributed by atoms with E-state index >= 15 is 0 Å². The van der Waals surface area contributed by atoms with Crippen LogP contribution in [0.25, 0.3) is 0 Å². The first-order chi connectivity index (χ1) is 24.8. The van der Waals surface area contributed by atoms with Gasteiger partial charge in [-0.05, 0) is 51.4 Å². The molecule has 0 saturated heterocycles. The second-order valence-electron chi connectivity index (χ2n) is 12.8. The fourth-order valence-electron chi connectivity index (χ4n) is 5.02. The number of hydrogen-bond acceptors (Lipinski definition) is 8. The Hall–Kier alpha value is -2.29. The number of phosphoric acid groups is 1. The average Bonchev–Trinajstić information content (AvgIpc) is 3.11. The normalized spacial score (nSPS) is 14.0. The third kappa shape index (κ3) is 37.3. The smallest absolute Gasteiger partial charge is 0.462 e. The van der Waals surface area contributed by atoms with Crippen molar-refractivity contribution in [2.45, 2.75) is 161 Å². The minimum Gasteiger partial charge on any atom is -0.462 e. The van der Waals surface area contributed by atoms with Gasteiger partial charge in [0.25, 0.3) is 0 Å². The van der Waals surface area contributed by atoms with Gasteiger partial charge in [-0.15, -0.1) is 0 Å². The lowest BCUT2D eigenvalue weighted by molar-refractivity contribution is -0.161. The quantitative estimate of drug-likeness (QED) is 0.0279. The summed E-state index contributed by atoms with van der Waals surface area (Å²) in [5, 5.41) is 0. The zero-order valence-corrected chi connectivity index (χ0v) is 33.0. The molecular formula is C41H72NO8P. The van der Waals surface area contributed by atoms with Crippen LogP contribution in [0.2, 0.25) is 0 Å². The summed E-state index contributed by atoms with van der Waals surface area (Å²) in [6.45, 7) is 3.53. The molecule has 294 valence electrons. The van der Waals surface area contributed by atoms with E-state index in [0.29, 0.717) is 12.8 Å². The number of unbranched alkanes of at least 4 members (excludes halogenated alkanes) is 13. The molecule has 0 aliphatic heterocycles. The minimum absolute atomic E-state index is 0.0427. The molecule has 0 aromatic heterocycles. The molecule has 0 aromatic rings.